The summed E-state index contributed by atoms with van der Waals surface area (Å²) < 4.78 is 0. The van der Waals surface area contributed by atoms with E-state index in [1.807, 2.05) is 72.8 Å². The van der Waals surface area contributed by atoms with Crippen molar-refractivity contribution in [3.8, 4) is 33.9 Å². The van der Waals surface area contributed by atoms with Gasteiger partial charge in [-0.3, -0.25) is 0 Å². The highest BCUT2D eigenvalue weighted by Gasteiger charge is 2.23. The first-order valence-corrected chi connectivity index (χ1v) is 12.8. The van der Waals surface area contributed by atoms with E-state index in [4.69, 9.17) is 15.0 Å². The summed E-state index contributed by atoms with van der Waals surface area (Å²) in [5, 5.41) is 19.1. The molecule has 1 aliphatic rings. The van der Waals surface area contributed by atoms with Crippen LogP contribution in [0.5, 0.6) is 0 Å². The molecule has 39 heavy (non-hydrogen) atoms. The molecule has 1 unspecified atom stereocenters. The van der Waals surface area contributed by atoms with E-state index in [0.717, 1.165) is 39.0 Å². The molecular formula is C33H28BN3O2. The Kier molecular flexibility index (Phi) is 7.87. The Bertz CT molecular complexity index is 1570. The van der Waals surface area contributed by atoms with Crippen molar-refractivity contribution in [2.45, 2.75) is 12.2 Å². The number of hydrogen-bond donors (Lipinski definition) is 2. The van der Waals surface area contributed by atoms with Crippen LogP contribution in [0.3, 0.4) is 0 Å². The van der Waals surface area contributed by atoms with E-state index in [-0.39, 0.29) is 5.82 Å². The first-order chi connectivity index (χ1) is 19.1. The van der Waals surface area contributed by atoms with Crippen molar-refractivity contribution in [1.29, 1.82) is 0 Å². The van der Waals surface area contributed by atoms with Crippen LogP contribution in [-0.4, -0.2) is 32.1 Å². The summed E-state index contributed by atoms with van der Waals surface area (Å²) >= 11 is 0. The third-order valence-electron chi connectivity index (χ3n) is 6.65. The lowest BCUT2D eigenvalue weighted by molar-refractivity contribution is 0.394. The van der Waals surface area contributed by atoms with E-state index < -0.39 is 7.12 Å². The van der Waals surface area contributed by atoms with Crippen LogP contribution in [0.25, 0.3) is 45.0 Å². The van der Waals surface area contributed by atoms with E-state index in [9.17, 15) is 10.0 Å². The van der Waals surface area contributed by atoms with E-state index >= 15 is 0 Å². The molecule has 4 aromatic rings. The third kappa shape index (κ3) is 5.93. The molecule has 0 saturated heterocycles. The lowest BCUT2D eigenvalue weighted by Gasteiger charge is -2.15. The van der Waals surface area contributed by atoms with Gasteiger partial charge in [0.05, 0.1) is 0 Å². The van der Waals surface area contributed by atoms with Crippen LogP contribution >= 0.6 is 0 Å². The van der Waals surface area contributed by atoms with Crippen molar-refractivity contribution < 1.29 is 10.0 Å². The molecule has 0 saturated carbocycles. The Labute approximate surface area is 229 Å². The van der Waals surface area contributed by atoms with Gasteiger partial charge in [0.1, 0.15) is 0 Å². The van der Waals surface area contributed by atoms with Gasteiger partial charge in [-0.2, -0.15) is 0 Å². The van der Waals surface area contributed by atoms with Crippen molar-refractivity contribution >= 4 is 18.3 Å². The Morgan fingerprint density at radius 2 is 1.31 bits per heavy atom. The molecule has 1 heterocycles. The van der Waals surface area contributed by atoms with Crippen LogP contribution in [-0.2, 0) is 0 Å². The zero-order chi connectivity index (χ0) is 27.2. The van der Waals surface area contributed by atoms with Gasteiger partial charge in [-0.05, 0) is 28.7 Å². The predicted molar refractivity (Wildman–Crippen MR) is 160 cm³/mol. The summed E-state index contributed by atoms with van der Waals surface area (Å²) in [6.07, 6.45) is 11.5. The summed E-state index contributed by atoms with van der Waals surface area (Å²) in [7, 11) is -1.40. The zero-order valence-electron chi connectivity index (χ0n) is 21.5. The van der Waals surface area contributed by atoms with Crippen LogP contribution in [0.15, 0.2) is 128 Å². The fourth-order valence-electron chi connectivity index (χ4n) is 4.45. The molecule has 0 aliphatic heterocycles. The molecule has 0 amide bonds. The molecule has 5 nitrogen and oxygen atoms in total. The molecule has 3 aromatic carbocycles. The van der Waals surface area contributed by atoms with Gasteiger partial charge in [-0.25, -0.2) is 15.0 Å². The van der Waals surface area contributed by atoms with Crippen molar-refractivity contribution in [1.82, 2.24) is 15.0 Å². The number of benzene rings is 3. The van der Waals surface area contributed by atoms with Gasteiger partial charge in [0.25, 0.3) is 0 Å². The predicted octanol–water partition coefficient (Wildman–Crippen LogP) is 6.81. The second-order valence-corrected chi connectivity index (χ2v) is 9.22. The molecule has 0 spiro atoms. The maximum absolute atomic E-state index is 9.56. The minimum Gasteiger partial charge on any atom is -0.427 e. The van der Waals surface area contributed by atoms with Gasteiger partial charge in [0.2, 0.25) is 0 Å². The van der Waals surface area contributed by atoms with Crippen molar-refractivity contribution in [3.05, 3.63) is 140 Å². The minimum atomic E-state index is -1.40. The fraction of sp³-hybridized carbons (Fsp3) is 0.0606. The second kappa shape index (κ2) is 11.8. The SMILES string of the molecule is C=C/C=C(\C=C)c1ccc(-c2nc(C3=CCC(B(O)O)C=C3)nc(-c3ccc(-c4ccccc4)cc3)n2)cc1. The zero-order valence-corrected chi connectivity index (χ0v) is 21.5. The quantitative estimate of drug-likeness (QED) is 0.201. The van der Waals surface area contributed by atoms with Crippen molar-refractivity contribution in [2.24, 2.45) is 0 Å². The molecule has 1 aliphatic carbocycles. The maximum Gasteiger partial charge on any atom is 0.459 e. The molecule has 0 radical (unpaired) electrons. The molecule has 1 atom stereocenters. The van der Waals surface area contributed by atoms with Gasteiger partial charge in [0, 0.05) is 22.5 Å². The largest absolute Gasteiger partial charge is 0.459 e. The van der Waals surface area contributed by atoms with Crippen molar-refractivity contribution in [2.75, 3.05) is 0 Å². The van der Waals surface area contributed by atoms with Crippen LogP contribution in [0.4, 0.5) is 0 Å². The number of rotatable bonds is 8. The van der Waals surface area contributed by atoms with Crippen LogP contribution in [0.2, 0.25) is 5.82 Å². The average molecular weight is 509 g/mol. The monoisotopic (exact) mass is 509 g/mol. The third-order valence-corrected chi connectivity index (χ3v) is 6.65. The van der Waals surface area contributed by atoms with E-state index in [1.165, 1.54) is 0 Å². The van der Waals surface area contributed by atoms with Crippen LogP contribution < -0.4 is 0 Å². The van der Waals surface area contributed by atoms with Crippen LogP contribution in [0.1, 0.15) is 17.8 Å². The molecule has 2 N–H and O–H groups in total. The summed E-state index contributed by atoms with van der Waals surface area (Å²) in [6.45, 7) is 7.67. The normalized spacial score (nSPS) is 15.0. The summed E-state index contributed by atoms with van der Waals surface area (Å²) in [6, 6.07) is 26.4. The highest BCUT2D eigenvalue weighted by atomic mass is 16.4. The molecule has 190 valence electrons. The number of allylic oxidation sites excluding steroid dienone is 8. The van der Waals surface area contributed by atoms with Gasteiger partial charge in [-0.1, -0.05) is 128 Å². The Hall–Kier alpha value is -4.65. The smallest absolute Gasteiger partial charge is 0.427 e. The highest BCUT2D eigenvalue weighted by molar-refractivity contribution is 6.44. The van der Waals surface area contributed by atoms with Gasteiger partial charge < -0.3 is 10.0 Å². The van der Waals surface area contributed by atoms with Crippen LogP contribution in [0, 0.1) is 0 Å². The van der Waals surface area contributed by atoms with Crippen molar-refractivity contribution in [3.63, 3.8) is 0 Å². The number of hydrogen-bond acceptors (Lipinski definition) is 5. The molecular weight excluding hydrogens is 481 g/mol. The molecule has 6 heteroatoms. The van der Waals surface area contributed by atoms with E-state index in [2.05, 4.69) is 37.4 Å². The standard InChI is InChI=1S/C33H28BN3O2/c1-3-8-23(4-2)25-11-15-27(16-12-25)31-35-32(28-17-13-26(14-18-28)24-9-6-5-7-10-24)37-33(36-31)29-19-21-30(22-20-29)34(38)39/h3-21,30,38-39H,1-2,22H2/b23-8+. The Morgan fingerprint density at radius 1 is 0.744 bits per heavy atom. The highest BCUT2D eigenvalue weighted by Crippen LogP contribution is 2.30. The van der Waals surface area contributed by atoms with Gasteiger partial charge in [-0.15, -0.1) is 0 Å². The van der Waals surface area contributed by atoms with Gasteiger partial charge >= 0.3 is 7.12 Å². The van der Waals surface area contributed by atoms with E-state index in [1.54, 1.807) is 18.2 Å². The van der Waals surface area contributed by atoms with E-state index in [0.29, 0.717) is 23.9 Å². The molecule has 5 rings (SSSR count). The van der Waals surface area contributed by atoms with Gasteiger partial charge in [0.15, 0.2) is 17.5 Å². The summed E-state index contributed by atoms with van der Waals surface area (Å²) in [5.41, 5.74) is 6.80. The number of aromatic nitrogens is 3. The molecule has 1 aromatic heterocycles. The average Bonchev–Trinajstić information content (AvgIpc) is 3.00. The maximum atomic E-state index is 9.56. The lowest BCUT2D eigenvalue weighted by atomic mass is 9.69. The first-order valence-electron chi connectivity index (χ1n) is 12.8. The Balaban J connectivity index is 1.55. The topological polar surface area (TPSA) is 79.1 Å². The Morgan fingerprint density at radius 3 is 1.85 bits per heavy atom. The lowest BCUT2D eigenvalue weighted by Crippen LogP contribution is -2.19. The fourth-order valence-corrected chi connectivity index (χ4v) is 4.45. The second-order valence-electron chi connectivity index (χ2n) is 9.22. The number of nitrogens with zero attached hydrogens (tertiary/aromatic N) is 3. The first kappa shape index (κ1) is 26.0. The molecule has 0 bridgehead atoms. The summed E-state index contributed by atoms with van der Waals surface area (Å²) in [5.74, 6) is 1.30. The summed E-state index contributed by atoms with van der Waals surface area (Å²) in [4.78, 5) is 14.5. The minimum absolute atomic E-state index is 0.352. The molecule has 0 fully saturated rings.